The number of benzene rings is 1. The third-order valence-corrected chi connectivity index (χ3v) is 5.97. The number of amides is 2. The fourth-order valence-electron chi connectivity index (χ4n) is 3.22. The van der Waals surface area contributed by atoms with Gasteiger partial charge in [-0.25, -0.2) is 0 Å². The number of nitrogens with two attached hydrogens (primary N) is 1. The second-order valence-corrected chi connectivity index (χ2v) is 9.13. The molecular formula is C28H41BN6O5. The highest BCUT2D eigenvalue weighted by atomic mass is 16.5. The van der Waals surface area contributed by atoms with E-state index in [1.165, 1.54) is 26.3 Å². The fourth-order valence-corrected chi connectivity index (χ4v) is 3.22. The first-order valence-electron chi connectivity index (χ1n) is 12.8. The van der Waals surface area contributed by atoms with Crippen LogP contribution in [0.2, 0.25) is 0 Å². The Balaban J connectivity index is 2.65. The number of hydrogen-bond donors (Lipinski definition) is 6. The van der Waals surface area contributed by atoms with Crippen molar-refractivity contribution in [2.45, 2.75) is 39.4 Å². The molecule has 216 valence electrons. The SMILES string of the molecule is Bc1cc(NC(=O)C(O)C(C)OCCN(C=O)C(=N)/C=C\NC(/C=C\C(C)CC)=C/C(=C)OC)ccc1C(=N)N. The van der Waals surface area contributed by atoms with Crippen molar-refractivity contribution >= 4 is 43.0 Å². The van der Waals surface area contributed by atoms with Crippen LogP contribution in [-0.2, 0) is 19.1 Å². The molecule has 0 saturated heterocycles. The first-order chi connectivity index (χ1) is 18.9. The lowest BCUT2D eigenvalue weighted by Crippen LogP contribution is -2.40. The molecular weight excluding hydrogens is 511 g/mol. The van der Waals surface area contributed by atoms with Crippen LogP contribution in [0, 0.1) is 16.7 Å². The van der Waals surface area contributed by atoms with E-state index in [2.05, 4.69) is 31.1 Å². The van der Waals surface area contributed by atoms with Crippen molar-refractivity contribution in [3.63, 3.8) is 0 Å². The van der Waals surface area contributed by atoms with Crippen molar-refractivity contribution in [3.05, 3.63) is 72.3 Å². The van der Waals surface area contributed by atoms with Crippen LogP contribution in [0.3, 0.4) is 0 Å². The van der Waals surface area contributed by atoms with E-state index in [9.17, 15) is 14.7 Å². The summed E-state index contributed by atoms with van der Waals surface area (Å²) in [5.74, 6) is 0.00340. The summed E-state index contributed by atoms with van der Waals surface area (Å²) >= 11 is 0. The minimum absolute atomic E-state index is 0.0171. The number of hydrogen-bond acceptors (Lipinski definition) is 8. The van der Waals surface area contributed by atoms with Gasteiger partial charge in [-0.1, -0.05) is 38.4 Å². The third-order valence-electron chi connectivity index (χ3n) is 5.97. The Morgan fingerprint density at radius 1 is 1.30 bits per heavy atom. The van der Waals surface area contributed by atoms with E-state index in [0.29, 0.717) is 40.5 Å². The van der Waals surface area contributed by atoms with E-state index in [0.717, 1.165) is 11.3 Å². The zero-order valence-electron chi connectivity index (χ0n) is 23.9. The normalized spacial score (nSPS) is 13.9. The number of aliphatic hydroxyl groups is 1. The van der Waals surface area contributed by atoms with Gasteiger partial charge in [-0.2, -0.15) is 0 Å². The van der Waals surface area contributed by atoms with Crippen molar-refractivity contribution in [3.8, 4) is 0 Å². The average Bonchev–Trinajstić information content (AvgIpc) is 2.92. The zero-order chi connectivity index (χ0) is 30.2. The molecule has 1 rings (SSSR count). The molecule has 1 aromatic carbocycles. The van der Waals surface area contributed by atoms with Gasteiger partial charge in [-0.3, -0.25) is 25.3 Å². The first-order valence-corrected chi connectivity index (χ1v) is 12.8. The number of aliphatic hydroxyl groups excluding tert-OH is 1. The van der Waals surface area contributed by atoms with Crippen LogP contribution in [0.1, 0.15) is 32.8 Å². The van der Waals surface area contributed by atoms with E-state index in [1.54, 1.807) is 32.1 Å². The number of ether oxygens (including phenoxy) is 2. The van der Waals surface area contributed by atoms with Gasteiger partial charge in [-0.05, 0) is 43.2 Å². The lowest BCUT2D eigenvalue weighted by molar-refractivity contribution is -0.132. The largest absolute Gasteiger partial charge is 0.497 e. The van der Waals surface area contributed by atoms with Gasteiger partial charge >= 0.3 is 0 Å². The Kier molecular flexibility index (Phi) is 14.8. The number of amidine groups is 2. The fraction of sp³-hybridized carbons (Fsp3) is 0.357. The highest BCUT2D eigenvalue weighted by Gasteiger charge is 2.23. The topological polar surface area (TPSA) is 174 Å². The van der Waals surface area contributed by atoms with Crippen LogP contribution in [0.4, 0.5) is 5.69 Å². The maximum Gasteiger partial charge on any atom is 0.255 e. The molecule has 0 saturated carbocycles. The maximum atomic E-state index is 12.5. The highest BCUT2D eigenvalue weighted by molar-refractivity contribution is 6.37. The molecule has 0 bridgehead atoms. The molecule has 0 aliphatic carbocycles. The number of nitrogens with zero attached hydrogens (tertiary/aromatic N) is 1. The Morgan fingerprint density at radius 3 is 2.58 bits per heavy atom. The van der Waals surface area contributed by atoms with Gasteiger partial charge in [0.05, 0.1) is 26.4 Å². The van der Waals surface area contributed by atoms with E-state index < -0.39 is 18.1 Å². The summed E-state index contributed by atoms with van der Waals surface area (Å²) in [6, 6.07) is 4.85. The molecule has 11 nitrogen and oxygen atoms in total. The lowest BCUT2D eigenvalue weighted by Gasteiger charge is -2.21. The summed E-state index contributed by atoms with van der Waals surface area (Å²) in [6.07, 6.45) is 7.72. The monoisotopic (exact) mass is 552 g/mol. The number of carbonyl (C=O) groups is 2. The Labute approximate surface area is 237 Å². The lowest BCUT2D eigenvalue weighted by atomic mass is 9.89. The van der Waals surface area contributed by atoms with E-state index in [1.807, 2.05) is 12.2 Å². The van der Waals surface area contributed by atoms with Gasteiger partial charge in [-0.15, -0.1) is 0 Å². The number of allylic oxidation sites excluding steroid dienone is 3. The van der Waals surface area contributed by atoms with Crippen LogP contribution < -0.4 is 21.8 Å². The molecule has 0 spiro atoms. The minimum Gasteiger partial charge on any atom is -0.497 e. The number of nitrogens with one attached hydrogen (secondary N) is 4. The molecule has 3 atom stereocenters. The number of nitrogen functional groups attached to an aromatic ring is 1. The first kappa shape index (κ1) is 33.9. The number of carbonyl (C=O) groups excluding carboxylic acids is 2. The minimum atomic E-state index is -1.48. The summed E-state index contributed by atoms with van der Waals surface area (Å²) in [5.41, 5.74) is 7.92. The molecule has 7 N–H and O–H groups in total. The molecule has 0 heterocycles. The molecule has 2 amide bonds. The van der Waals surface area contributed by atoms with Crippen molar-refractivity contribution in [1.82, 2.24) is 10.2 Å². The van der Waals surface area contributed by atoms with Gasteiger partial charge < -0.3 is 30.9 Å². The van der Waals surface area contributed by atoms with Gasteiger partial charge in [0.25, 0.3) is 5.91 Å². The second kappa shape index (κ2) is 17.4. The summed E-state index contributed by atoms with van der Waals surface area (Å²) in [7, 11) is 3.28. The van der Waals surface area contributed by atoms with Crippen LogP contribution in [0.15, 0.2) is 66.7 Å². The number of anilines is 1. The smallest absolute Gasteiger partial charge is 0.255 e. The maximum absolute atomic E-state index is 12.5. The van der Waals surface area contributed by atoms with Gasteiger partial charge in [0.15, 0.2) is 6.10 Å². The molecule has 0 aliphatic rings. The molecule has 1 aromatic rings. The van der Waals surface area contributed by atoms with Gasteiger partial charge in [0.2, 0.25) is 6.41 Å². The van der Waals surface area contributed by atoms with Crippen molar-refractivity contribution in [2.75, 3.05) is 25.6 Å². The van der Waals surface area contributed by atoms with Gasteiger partial charge in [0, 0.05) is 29.2 Å². The summed E-state index contributed by atoms with van der Waals surface area (Å²) in [5, 5.41) is 31.8. The van der Waals surface area contributed by atoms with E-state index in [-0.39, 0.29) is 24.8 Å². The Morgan fingerprint density at radius 2 is 2.00 bits per heavy atom. The van der Waals surface area contributed by atoms with Crippen LogP contribution in [0.25, 0.3) is 0 Å². The molecule has 0 fully saturated rings. The van der Waals surface area contributed by atoms with E-state index >= 15 is 0 Å². The van der Waals surface area contributed by atoms with Crippen molar-refractivity contribution in [2.24, 2.45) is 11.7 Å². The predicted octanol–water partition coefficient (Wildman–Crippen LogP) is 1.12. The molecule has 40 heavy (non-hydrogen) atoms. The molecule has 0 aromatic heterocycles. The third kappa shape index (κ3) is 11.7. The second-order valence-electron chi connectivity index (χ2n) is 9.13. The van der Waals surface area contributed by atoms with Crippen molar-refractivity contribution < 1.29 is 24.2 Å². The van der Waals surface area contributed by atoms with Gasteiger partial charge in [0.1, 0.15) is 25.3 Å². The quantitative estimate of drug-likeness (QED) is 0.0419. The molecule has 3 unspecified atom stereocenters. The van der Waals surface area contributed by atoms with Crippen LogP contribution >= 0.6 is 0 Å². The van der Waals surface area contributed by atoms with Crippen LogP contribution in [-0.4, -0.2) is 74.3 Å². The zero-order valence-corrected chi connectivity index (χ0v) is 23.9. The van der Waals surface area contributed by atoms with Crippen LogP contribution in [0.5, 0.6) is 0 Å². The summed E-state index contributed by atoms with van der Waals surface area (Å²) < 4.78 is 10.7. The Bertz CT molecular complexity index is 1150. The molecule has 12 heteroatoms. The number of methoxy groups -OCH3 is 1. The summed E-state index contributed by atoms with van der Waals surface area (Å²) in [4.78, 5) is 25.1. The molecule has 0 aliphatic heterocycles. The van der Waals surface area contributed by atoms with Crippen molar-refractivity contribution in [1.29, 1.82) is 10.8 Å². The average molecular weight is 552 g/mol. The predicted molar refractivity (Wildman–Crippen MR) is 161 cm³/mol. The Hall–Kier alpha value is -4.16. The molecule has 0 radical (unpaired) electrons. The summed E-state index contributed by atoms with van der Waals surface area (Å²) in [6.45, 7) is 9.52. The number of rotatable bonds is 17. The standard InChI is InChI=1S/C28H41BN6O5/c1-6-18(2)7-8-21(15-19(3)39-5)33-12-11-25(30)35(17-36)13-14-40-20(4)26(37)28(38)34-22-9-10-23(27(31)32)24(29)16-22/h7-12,15-18,20,26,30,33,37H,3,6,13-14,29H2,1-2,4-5H3,(H3,31,32)(H,34,38)/b8-7-,12-11-,21-15+,30-25?. The highest BCUT2D eigenvalue weighted by Crippen LogP contribution is 2.10. The van der Waals surface area contributed by atoms with E-state index in [4.69, 9.17) is 26.0 Å².